The van der Waals surface area contributed by atoms with Crippen molar-refractivity contribution in [2.75, 3.05) is 20.8 Å². The van der Waals surface area contributed by atoms with Gasteiger partial charge in [0.05, 0.1) is 31.2 Å². The number of carbonyl (C=O) groups is 3. The number of amides is 2. The van der Waals surface area contributed by atoms with E-state index >= 15 is 0 Å². The van der Waals surface area contributed by atoms with Crippen LogP contribution in [0.15, 0.2) is 22.7 Å². The van der Waals surface area contributed by atoms with Crippen molar-refractivity contribution < 1.29 is 28.6 Å². The highest BCUT2D eigenvalue weighted by Crippen LogP contribution is 2.29. The molecule has 8 nitrogen and oxygen atoms in total. The van der Waals surface area contributed by atoms with Gasteiger partial charge in [-0.1, -0.05) is 6.07 Å². The zero-order valence-corrected chi connectivity index (χ0v) is 17.6. The maximum absolute atomic E-state index is 12.2. The van der Waals surface area contributed by atoms with E-state index in [1.807, 2.05) is 0 Å². The Kier molecular flexibility index (Phi) is 8.55. The Bertz CT molecular complexity index is 687. The second kappa shape index (κ2) is 10.1. The van der Waals surface area contributed by atoms with E-state index in [-0.39, 0.29) is 13.0 Å². The Balaban J connectivity index is 2.80. The van der Waals surface area contributed by atoms with Gasteiger partial charge < -0.3 is 24.8 Å². The molecule has 2 amide bonds. The molecule has 1 aromatic rings. The van der Waals surface area contributed by atoms with Crippen molar-refractivity contribution in [3.05, 3.63) is 28.2 Å². The fourth-order valence-corrected chi connectivity index (χ4v) is 2.67. The van der Waals surface area contributed by atoms with E-state index in [0.717, 1.165) is 0 Å². The van der Waals surface area contributed by atoms with E-state index in [2.05, 4.69) is 26.6 Å². The van der Waals surface area contributed by atoms with Gasteiger partial charge in [0.25, 0.3) is 0 Å². The van der Waals surface area contributed by atoms with Gasteiger partial charge in [-0.2, -0.15) is 0 Å². The number of esters is 1. The molecule has 150 valence electrons. The zero-order chi connectivity index (χ0) is 20.6. The lowest BCUT2D eigenvalue weighted by atomic mass is 10.0. The van der Waals surface area contributed by atoms with E-state index in [0.29, 0.717) is 15.8 Å². The summed E-state index contributed by atoms with van der Waals surface area (Å²) in [6.07, 6.45) is -0.762. The van der Waals surface area contributed by atoms with Crippen LogP contribution in [0.3, 0.4) is 0 Å². The van der Waals surface area contributed by atoms with Crippen LogP contribution in [0.5, 0.6) is 5.75 Å². The van der Waals surface area contributed by atoms with Crippen LogP contribution in [0.25, 0.3) is 0 Å². The number of methoxy groups -OCH3 is 2. The Morgan fingerprint density at radius 2 is 1.85 bits per heavy atom. The smallest absolute Gasteiger partial charge is 0.408 e. The third-order valence-electron chi connectivity index (χ3n) is 3.30. The Hall–Kier alpha value is -2.29. The van der Waals surface area contributed by atoms with E-state index in [1.165, 1.54) is 14.2 Å². The van der Waals surface area contributed by atoms with Crippen molar-refractivity contribution in [3.63, 3.8) is 0 Å². The van der Waals surface area contributed by atoms with Crippen molar-refractivity contribution in [2.45, 2.75) is 38.8 Å². The van der Waals surface area contributed by atoms with Crippen molar-refractivity contribution in [1.29, 1.82) is 0 Å². The van der Waals surface area contributed by atoms with Crippen molar-refractivity contribution in [3.8, 4) is 5.75 Å². The number of halogens is 1. The average molecular weight is 445 g/mol. The Morgan fingerprint density at radius 3 is 2.37 bits per heavy atom. The number of rotatable bonds is 7. The van der Waals surface area contributed by atoms with E-state index in [1.54, 1.807) is 39.0 Å². The maximum Gasteiger partial charge on any atom is 0.408 e. The quantitative estimate of drug-likeness (QED) is 0.626. The number of carbonyl (C=O) groups excluding carboxylic acids is 3. The normalized spacial score (nSPS) is 11.9. The lowest BCUT2D eigenvalue weighted by Crippen LogP contribution is -2.41. The average Bonchev–Trinajstić information content (AvgIpc) is 2.57. The summed E-state index contributed by atoms with van der Waals surface area (Å²) in [5.41, 5.74) is 0.0160. The number of ether oxygens (including phenoxy) is 3. The summed E-state index contributed by atoms with van der Waals surface area (Å²) in [7, 11) is 2.81. The molecule has 27 heavy (non-hydrogen) atoms. The van der Waals surface area contributed by atoms with Gasteiger partial charge in [0, 0.05) is 0 Å². The number of alkyl carbamates (subject to hydrolysis) is 1. The minimum atomic E-state index is -0.700. The van der Waals surface area contributed by atoms with Gasteiger partial charge >= 0.3 is 12.1 Å². The molecule has 0 aliphatic rings. The van der Waals surface area contributed by atoms with Crippen molar-refractivity contribution in [2.24, 2.45) is 0 Å². The molecular formula is C18H25BrN2O6. The molecule has 0 bridgehead atoms. The summed E-state index contributed by atoms with van der Waals surface area (Å²) in [6.45, 7) is 4.88. The van der Waals surface area contributed by atoms with Gasteiger partial charge in [0.15, 0.2) is 0 Å². The predicted molar refractivity (Wildman–Crippen MR) is 102 cm³/mol. The summed E-state index contributed by atoms with van der Waals surface area (Å²) in [4.78, 5) is 35.6. The Morgan fingerprint density at radius 1 is 1.19 bits per heavy atom. The standard InChI is InChI=1S/C18H25BrN2O6/c1-18(2,3)27-17(24)20-10-15(22)21-13(9-16(23)26-5)11-6-7-14(25-4)12(19)8-11/h6-8,13H,9-10H2,1-5H3,(H,20,24)(H,21,22)/t13-/m0/s1. The first-order valence-electron chi connectivity index (χ1n) is 8.22. The van der Waals surface area contributed by atoms with Crippen LogP contribution in [0.4, 0.5) is 4.79 Å². The minimum absolute atomic E-state index is 0.0621. The molecule has 9 heteroatoms. The highest BCUT2D eigenvalue weighted by atomic mass is 79.9. The minimum Gasteiger partial charge on any atom is -0.496 e. The molecule has 0 fully saturated rings. The summed E-state index contributed by atoms with van der Waals surface area (Å²) in [5, 5.41) is 5.08. The third-order valence-corrected chi connectivity index (χ3v) is 3.92. The number of benzene rings is 1. The first kappa shape index (κ1) is 22.8. The number of hydrogen-bond acceptors (Lipinski definition) is 6. The first-order chi connectivity index (χ1) is 12.6. The topological polar surface area (TPSA) is 103 Å². The summed E-state index contributed by atoms with van der Waals surface area (Å²) < 4.78 is 15.6. The molecule has 1 aromatic carbocycles. The maximum atomic E-state index is 12.2. The van der Waals surface area contributed by atoms with Gasteiger partial charge in [0.1, 0.15) is 17.9 Å². The fraction of sp³-hybridized carbons (Fsp3) is 0.500. The molecule has 0 unspecified atom stereocenters. The van der Waals surface area contributed by atoms with Crippen LogP contribution in [-0.2, 0) is 19.1 Å². The second-order valence-corrected chi connectivity index (χ2v) is 7.50. The van der Waals surface area contributed by atoms with Crippen LogP contribution in [-0.4, -0.2) is 44.3 Å². The molecule has 0 saturated carbocycles. The van der Waals surface area contributed by atoms with Gasteiger partial charge in [-0.3, -0.25) is 9.59 Å². The highest BCUT2D eigenvalue weighted by Gasteiger charge is 2.21. The van der Waals surface area contributed by atoms with Crippen LogP contribution in [0.1, 0.15) is 38.8 Å². The van der Waals surface area contributed by atoms with Gasteiger partial charge in [-0.25, -0.2) is 4.79 Å². The molecular weight excluding hydrogens is 420 g/mol. The molecule has 0 spiro atoms. The van der Waals surface area contributed by atoms with Crippen molar-refractivity contribution >= 4 is 33.9 Å². The number of nitrogens with one attached hydrogen (secondary N) is 2. The molecule has 1 rings (SSSR count). The van der Waals surface area contributed by atoms with Crippen LogP contribution in [0, 0.1) is 0 Å². The molecule has 0 aliphatic carbocycles. The summed E-state index contributed by atoms with van der Waals surface area (Å²) >= 11 is 3.38. The molecule has 0 aromatic heterocycles. The van der Waals surface area contributed by atoms with E-state index in [9.17, 15) is 14.4 Å². The molecule has 1 atom stereocenters. The molecule has 0 aliphatic heterocycles. The van der Waals surface area contributed by atoms with Crippen molar-refractivity contribution in [1.82, 2.24) is 10.6 Å². The summed E-state index contributed by atoms with van der Waals surface area (Å²) in [5.74, 6) is -0.331. The number of hydrogen-bond donors (Lipinski definition) is 2. The monoisotopic (exact) mass is 444 g/mol. The molecule has 0 radical (unpaired) electrons. The molecule has 2 N–H and O–H groups in total. The van der Waals surface area contributed by atoms with Crippen LogP contribution >= 0.6 is 15.9 Å². The fourth-order valence-electron chi connectivity index (χ4n) is 2.11. The van der Waals surface area contributed by atoms with E-state index < -0.39 is 29.6 Å². The lowest BCUT2D eigenvalue weighted by Gasteiger charge is -2.21. The largest absolute Gasteiger partial charge is 0.496 e. The highest BCUT2D eigenvalue weighted by molar-refractivity contribution is 9.10. The first-order valence-corrected chi connectivity index (χ1v) is 9.01. The van der Waals surface area contributed by atoms with Gasteiger partial charge in [-0.15, -0.1) is 0 Å². The molecule has 0 saturated heterocycles. The van der Waals surface area contributed by atoms with Gasteiger partial charge in [0.2, 0.25) is 5.91 Å². The lowest BCUT2D eigenvalue weighted by molar-refractivity contribution is -0.141. The van der Waals surface area contributed by atoms with E-state index in [4.69, 9.17) is 14.2 Å². The molecule has 0 heterocycles. The van der Waals surface area contributed by atoms with Gasteiger partial charge in [-0.05, 0) is 54.4 Å². The zero-order valence-electron chi connectivity index (χ0n) is 16.1. The van der Waals surface area contributed by atoms with Crippen LogP contribution in [0.2, 0.25) is 0 Å². The Labute approximate surface area is 167 Å². The predicted octanol–water partition coefficient (Wildman–Crippen LogP) is 2.70. The SMILES string of the molecule is COC(=O)C[C@H](NC(=O)CNC(=O)OC(C)(C)C)c1ccc(OC)c(Br)c1. The second-order valence-electron chi connectivity index (χ2n) is 6.65. The van der Waals surface area contributed by atoms with Crippen LogP contribution < -0.4 is 15.4 Å². The summed E-state index contributed by atoms with van der Waals surface area (Å²) in [6, 6.07) is 4.56. The third kappa shape index (κ3) is 8.29.